The predicted molar refractivity (Wildman–Crippen MR) is 154 cm³/mol. The molecular weight excluding hydrogens is 528 g/mol. The number of anilines is 1. The molecule has 0 spiro atoms. The largest absolute Gasteiger partial charge is 0.456 e. The van der Waals surface area contributed by atoms with Gasteiger partial charge in [0.1, 0.15) is 11.5 Å². The van der Waals surface area contributed by atoms with Gasteiger partial charge in [-0.1, -0.05) is 12.1 Å². The summed E-state index contributed by atoms with van der Waals surface area (Å²) in [5.74, 6) is 0.977. The van der Waals surface area contributed by atoms with Crippen molar-refractivity contribution in [1.82, 2.24) is 24.4 Å². The second kappa shape index (κ2) is 11.0. The lowest BCUT2D eigenvalue weighted by Crippen LogP contribution is -2.46. The number of fused-ring (bicyclic) bond motifs is 1. The fourth-order valence-corrected chi connectivity index (χ4v) is 6.05. The zero-order chi connectivity index (χ0) is 28.5. The number of carbonyl (C=O) groups excluding carboxylic acids is 1. The normalized spacial score (nSPS) is 14.8. The fourth-order valence-electron chi connectivity index (χ4n) is 4.58. The minimum atomic E-state index is -3.63. The average Bonchev–Trinajstić information content (AvgIpc) is 3.39. The highest BCUT2D eigenvalue weighted by atomic mass is 32.2. The summed E-state index contributed by atoms with van der Waals surface area (Å²) < 4.78 is 36.0. The topological polar surface area (TPSA) is 118 Å². The first kappa shape index (κ1) is 27.8. The van der Waals surface area contributed by atoms with E-state index in [-0.39, 0.29) is 22.8 Å². The van der Waals surface area contributed by atoms with Crippen molar-refractivity contribution in [2.75, 3.05) is 31.5 Å². The molecule has 1 saturated heterocycles. The summed E-state index contributed by atoms with van der Waals surface area (Å²) in [5, 5.41) is 11.0. The summed E-state index contributed by atoms with van der Waals surface area (Å²) >= 11 is 0. The van der Waals surface area contributed by atoms with E-state index in [0.29, 0.717) is 54.3 Å². The van der Waals surface area contributed by atoms with Crippen molar-refractivity contribution in [1.29, 1.82) is 0 Å². The molecule has 1 amide bonds. The van der Waals surface area contributed by atoms with Gasteiger partial charge in [-0.25, -0.2) is 8.42 Å². The van der Waals surface area contributed by atoms with Crippen molar-refractivity contribution in [3.8, 4) is 11.5 Å². The smallest absolute Gasteiger partial charge is 0.243 e. The van der Waals surface area contributed by atoms with Crippen LogP contribution in [0.2, 0.25) is 0 Å². The van der Waals surface area contributed by atoms with Crippen molar-refractivity contribution in [3.63, 3.8) is 0 Å². The van der Waals surface area contributed by atoms with Gasteiger partial charge in [-0.15, -0.1) is 0 Å². The maximum Gasteiger partial charge on any atom is 0.243 e. The van der Waals surface area contributed by atoms with Crippen LogP contribution >= 0.6 is 0 Å². The van der Waals surface area contributed by atoms with Gasteiger partial charge in [0.05, 0.1) is 34.3 Å². The van der Waals surface area contributed by atoms with Gasteiger partial charge in [-0.2, -0.15) is 9.40 Å². The summed E-state index contributed by atoms with van der Waals surface area (Å²) in [6.07, 6.45) is 5.30. The van der Waals surface area contributed by atoms with Gasteiger partial charge >= 0.3 is 0 Å². The number of pyridine rings is 1. The highest BCUT2D eigenvalue weighted by molar-refractivity contribution is 7.89. The number of ether oxygens (including phenoxy) is 1. The Labute approximate surface area is 234 Å². The molecule has 0 bridgehead atoms. The van der Waals surface area contributed by atoms with Crippen LogP contribution in [-0.4, -0.2) is 59.6 Å². The van der Waals surface area contributed by atoms with Crippen LogP contribution in [0.1, 0.15) is 31.9 Å². The van der Waals surface area contributed by atoms with Crippen LogP contribution in [0, 0.1) is 6.92 Å². The molecule has 0 atom stereocenters. The molecule has 0 aliphatic carbocycles. The van der Waals surface area contributed by atoms with E-state index in [1.165, 1.54) is 4.31 Å². The van der Waals surface area contributed by atoms with Crippen LogP contribution in [0.4, 0.5) is 5.69 Å². The van der Waals surface area contributed by atoms with Crippen LogP contribution in [0.3, 0.4) is 0 Å². The van der Waals surface area contributed by atoms with Gasteiger partial charge in [0.15, 0.2) is 0 Å². The number of nitrogens with one attached hydrogen (secondary N) is 2. The van der Waals surface area contributed by atoms with E-state index in [1.807, 2.05) is 56.8 Å². The first-order valence-corrected chi connectivity index (χ1v) is 14.7. The van der Waals surface area contributed by atoms with Crippen molar-refractivity contribution >= 4 is 32.5 Å². The fraction of sp³-hybridized carbons (Fsp3) is 0.345. The van der Waals surface area contributed by atoms with Crippen LogP contribution in [-0.2, 0) is 26.8 Å². The lowest BCUT2D eigenvalue weighted by atomic mass is 10.1. The number of benzene rings is 2. The van der Waals surface area contributed by atoms with Gasteiger partial charge < -0.3 is 15.4 Å². The predicted octanol–water partition coefficient (Wildman–Crippen LogP) is 4.06. The maximum atomic E-state index is 13.2. The van der Waals surface area contributed by atoms with Crippen LogP contribution in [0.25, 0.3) is 10.9 Å². The van der Waals surface area contributed by atoms with Crippen molar-refractivity contribution in [2.45, 2.75) is 44.6 Å². The zero-order valence-electron chi connectivity index (χ0n) is 23.1. The van der Waals surface area contributed by atoms with Gasteiger partial charge in [0.2, 0.25) is 15.9 Å². The number of hydrogen-bond donors (Lipinski definition) is 2. The second-order valence-electron chi connectivity index (χ2n) is 10.9. The van der Waals surface area contributed by atoms with Crippen LogP contribution in [0.15, 0.2) is 66.0 Å². The third-order valence-electron chi connectivity index (χ3n) is 6.76. The number of hydrogen-bond acceptors (Lipinski definition) is 7. The Morgan fingerprint density at radius 3 is 2.55 bits per heavy atom. The standard InChI is InChI=1S/C29H34N6O4S/c1-20-15-21(16-28(36)33-22-18-32-35(19-22)29(2,3)4)5-8-26(20)39-27-9-10-31-25-7-6-23(17-24(25)27)40(37,38)34-13-11-30-12-14-34/h5-10,15,17-19,30H,11-14,16H2,1-4H3,(H,33,36). The monoisotopic (exact) mass is 562 g/mol. The van der Waals surface area contributed by atoms with E-state index in [4.69, 9.17) is 4.74 Å². The Hall–Kier alpha value is -3.80. The number of aromatic nitrogens is 3. The van der Waals surface area contributed by atoms with Crippen molar-refractivity contribution in [3.05, 3.63) is 72.2 Å². The molecule has 1 aliphatic heterocycles. The molecule has 2 N–H and O–H groups in total. The quantitative estimate of drug-likeness (QED) is 0.349. The van der Waals surface area contributed by atoms with E-state index in [9.17, 15) is 13.2 Å². The molecular formula is C29H34N6O4S. The number of sulfonamides is 1. The summed E-state index contributed by atoms with van der Waals surface area (Å²) in [6.45, 7) is 10.2. The lowest BCUT2D eigenvalue weighted by Gasteiger charge is -2.26. The van der Waals surface area contributed by atoms with Gasteiger partial charge in [-0.05, 0) is 69.2 Å². The highest BCUT2D eigenvalue weighted by Crippen LogP contribution is 2.33. The molecule has 1 aliphatic rings. The Morgan fingerprint density at radius 2 is 1.85 bits per heavy atom. The number of amides is 1. The molecule has 0 unspecified atom stereocenters. The average molecular weight is 563 g/mol. The molecule has 2 aromatic carbocycles. The lowest BCUT2D eigenvalue weighted by molar-refractivity contribution is -0.115. The second-order valence-corrected chi connectivity index (χ2v) is 12.9. The Balaban J connectivity index is 1.32. The summed E-state index contributed by atoms with van der Waals surface area (Å²) in [6, 6.07) is 12.2. The number of piperazine rings is 1. The number of carbonyl (C=O) groups is 1. The first-order valence-electron chi connectivity index (χ1n) is 13.2. The summed E-state index contributed by atoms with van der Waals surface area (Å²) in [7, 11) is -3.63. The molecule has 5 rings (SSSR count). The molecule has 0 saturated carbocycles. The van der Waals surface area contributed by atoms with E-state index in [0.717, 1.165) is 11.1 Å². The van der Waals surface area contributed by atoms with Gasteiger partial charge in [0, 0.05) is 44.0 Å². The first-order chi connectivity index (χ1) is 19.0. The van der Waals surface area contributed by atoms with Gasteiger partial charge in [-0.3, -0.25) is 14.5 Å². The number of aryl methyl sites for hydroxylation is 1. The summed E-state index contributed by atoms with van der Waals surface area (Å²) in [5.41, 5.74) is 2.81. The SMILES string of the molecule is Cc1cc(CC(=O)Nc2cnn(C(C)(C)C)c2)ccc1Oc1ccnc2ccc(S(=O)(=O)N3CCNCC3)cc12. The van der Waals surface area contributed by atoms with Crippen molar-refractivity contribution in [2.24, 2.45) is 0 Å². The number of rotatable bonds is 7. The third kappa shape index (κ3) is 6.01. The molecule has 0 radical (unpaired) electrons. The molecule has 2 aromatic heterocycles. The zero-order valence-corrected chi connectivity index (χ0v) is 24.0. The van der Waals surface area contributed by atoms with E-state index in [2.05, 4.69) is 20.7 Å². The van der Waals surface area contributed by atoms with Crippen LogP contribution in [0.5, 0.6) is 11.5 Å². The summed E-state index contributed by atoms with van der Waals surface area (Å²) in [4.78, 5) is 17.3. The molecule has 3 heterocycles. The minimum absolute atomic E-state index is 0.139. The van der Waals surface area contributed by atoms with Crippen LogP contribution < -0.4 is 15.4 Å². The Bertz CT molecular complexity index is 1650. The van der Waals surface area contributed by atoms with E-state index < -0.39 is 10.0 Å². The minimum Gasteiger partial charge on any atom is -0.456 e. The Morgan fingerprint density at radius 1 is 1.07 bits per heavy atom. The molecule has 10 nitrogen and oxygen atoms in total. The number of nitrogens with zero attached hydrogens (tertiary/aromatic N) is 4. The molecule has 1 fully saturated rings. The van der Waals surface area contributed by atoms with Crippen molar-refractivity contribution < 1.29 is 17.9 Å². The Kier molecular flexibility index (Phi) is 7.63. The molecule has 40 heavy (non-hydrogen) atoms. The maximum absolute atomic E-state index is 13.2. The molecule has 11 heteroatoms. The van der Waals surface area contributed by atoms with Gasteiger partial charge in [0.25, 0.3) is 0 Å². The molecule has 4 aromatic rings. The third-order valence-corrected chi connectivity index (χ3v) is 8.66. The van der Waals surface area contributed by atoms with E-state index in [1.54, 1.807) is 36.7 Å². The van der Waals surface area contributed by atoms with E-state index >= 15 is 0 Å². The molecule has 210 valence electrons. The highest BCUT2D eigenvalue weighted by Gasteiger charge is 2.26.